The lowest BCUT2D eigenvalue weighted by molar-refractivity contribution is -0.334. The van der Waals surface area contributed by atoms with Gasteiger partial charge in [0.2, 0.25) is 5.91 Å². The lowest BCUT2D eigenvalue weighted by atomic mass is 9.68. The van der Waals surface area contributed by atoms with Gasteiger partial charge in [-0.05, 0) is 63.7 Å². The van der Waals surface area contributed by atoms with E-state index in [1.165, 1.54) is 6.08 Å². The average molecular weight is 910 g/mol. The Morgan fingerprint density at radius 1 is 1.03 bits per heavy atom. The summed E-state index contributed by atoms with van der Waals surface area (Å²) in [7, 11) is 3.19. The van der Waals surface area contributed by atoms with E-state index >= 15 is 0 Å². The summed E-state index contributed by atoms with van der Waals surface area (Å²) in [4.78, 5) is 17.6. The maximum absolute atomic E-state index is 12.9. The van der Waals surface area contributed by atoms with Gasteiger partial charge in [0.25, 0.3) is 0 Å². The first-order valence-corrected chi connectivity index (χ1v) is 23.6. The van der Waals surface area contributed by atoms with Gasteiger partial charge in [0.05, 0.1) is 61.3 Å². The number of ether oxygens (including phenoxy) is 4. The van der Waals surface area contributed by atoms with Gasteiger partial charge >= 0.3 is 0 Å². The molecule has 1 amide bonds. The number of methoxy groups -OCH3 is 2. The summed E-state index contributed by atoms with van der Waals surface area (Å²) in [5.41, 5.74) is 3.01. The molecule has 3 unspecified atom stereocenters. The van der Waals surface area contributed by atoms with E-state index in [0.717, 1.165) is 16.7 Å². The predicted molar refractivity (Wildman–Crippen MR) is 254 cm³/mol. The fourth-order valence-electron chi connectivity index (χ4n) is 9.27. The van der Waals surface area contributed by atoms with Crippen LogP contribution < -0.4 is 5.32 Å². The minimum Gasteiger partial charge on any atom is -0.448 e. The lowest BCUT2D eigenvalue weighted by Crippen LogP contribution is -2.57. The normalized spacial score (nSPS) is 29.0. The number of aliphatic hydroxyl groups excluding tert-OH is 4. The molecular weight excluding hydrogens is 827 g/mol. The van der Waals surface area contributed by atoms with Crippen LogP contribution in [0.4, 0.5) is 0 Å². The summed E-state index contributed by atoms with van der Waals surface area (Å²) in [5, 5.41) is 56.9. The number of nitriles is 1. The minimum absolute atomic E-state index is 0.0738. The van der Waals surface area contributed by atoms with Crippen molar-refractivity contribution in [3.63, 3.8) is 0 Å². The second-order valence-corrected chi connectivity index (χ2v) is 20.0. The Balaban J connectivity index is 1.65. The number of amides is 1. The van der Waals surface area contributed by atoms with Crippen molar-refractivity contribution in [2.75, 3.05) is 20.8 Å². The van der Waals surface area contributed by atoms with E-state index in [-0.39, 0.29) is 60.5 Å². The molecule has 0 radical (unpaired) electrons. The molecule has 366 valence electrons. The number of carbonyl (C=O) groups is 1. The maximum Gasteiger partial charge on any atom is 0.225 e. The van der Waals surface area contributed by atoms with Crippen LogP contribution in [0.15, 0.2) is 63.9 Å². The molecule has 2 saturated heterocycles. The Bertz CT molecular complexity index is 1860. The third kappa shape index (κ3) is 14.5. The molecular formula is C52H83N3O10. The SMILES string of the molecule is COC[C@H](C)[C@H](O)[C@H](C)C(=O)N[C@H](C)C[C@H](C)c1nc(/C=C/CC2O[C@]3(CC(O)C2C)O[C@H]([C@H](C[C@H](O)[C@H](C)[C@H](O)[C@H](C)/C=C(C)/C(C)=C/C=C/C(C)=C\C#N)OC)[C@H](C)C3(C)C)co1. The van der Waals surface area contributed by atoms with Gasteiger partial charge < -0.3 is 49.1 Å². The molecule has 2 aliphatic rings. The van der Waals surface area contributed by atoms with Crippen molar-refractivity contribution >= 4 is 12.0 Å². The van der Waals surface area contributed by atoms with E-state index in [4.69, 9.17) is 33.6 Å². The number of hydrogen-bond donors (Lipinski definition) is 5. The van der Waals surface area contributed by atoms with E-state index < -0.39 is 59.7 Å². The highest BCUT2D eigenvalue weighted by atomic mass is 16.7. The zero-order valence-electron chi connectivity index (χ0n) is 41.9. The van der Waals surface area contributed by atoms with Crippen molar-refractivity contribution in [1.82, 2.24) is 10.3 Å². The molecule has 3 rings (SSSR count). The molecule has 2 aliphatic heterocycles. The summed E-state index contributed by atoms with van der Waals surface area (Å²) in [6.07, 6.45) is 11.8. The van der Waals surface area contributed by atoms with E-state index in [2.05, 4.69) is 26.1 Å². The molecule has 0 aliphatic carbocycles. The molecule has 3 heterocycles. The molecule has 1 aromatic heterocycles. The topological polar surface area (TPSA) is 197 Å². The number of aromatic nitrogens is 1. The summed E-state index contributed by atoms with van der Waals surface area (Å²) in [6, 6.07) is 1.85. The third-order valence-electron chi connectivity index (χ3n) is 14.6. The standard InChI is InChI=1S/C52H83N3O10/c1-30(22-23-53)18-16-19-31(2)32(3)24-33(4)46(58)38(9)42(56)26-45(62-15)48-40(11)51(12,13)52(65-48)27-43(57)37(8)44(64-52)21-17-20-41-29-63-50(55-41)34(5)25-36(7)54-49(60)39(10)47(59)35(6)28-61-14/h16-20,22,24,29,33-40,42-48,56-59H,21,25-28H2,1-15H3,(H,54,60)/b18-16+,20-17+,30-22-,31-19+,32-24+/t33-,34+,35+,36-,37?,38+,39+,40+,42+,43?,44?,45+,46-,47+,48+,52-/m1/s1. The first-order chi connectivity index (χ1) is 30.4. The zero-order valence-corrected chi connectivity index (χ0v) is 41.9. The largest absolute Gasteiger partial charge is 0.448 e. The van der Waals surface area contributed by atoms with Crippen molar-refractivity contribution in [2.24, 2.45) is 40.9 Å². The van der Waals surface area contributed by atoms with Gasteiger partial charge in [-0.1, -0.05) is 98.3 Å². The third-order valence-corrected chi connectivity index (χ3v) is 14.6. The van der Waals surface area contributed by atoms with Crippen molar-refractivity contribution in [2.45, 2.75) is 176 Å². The molecule has 65 heavy (non-hydrogen) atoms. The number of nitrogens with one attached hydrogen (secondary N) is 1. The van der Waals surface area contributed by atoms with E-state index in [0.29, 0.717) is 31.0 Å². The number of hydrogen-bond acceptors (Lipinski definition) is 12. The van der Waals surface area contributed by atoms with Crippen LogP contribution >= 0.6 is 0 Å². The number of oxazole rings is 1. The van der Waals surface area contributed by atoms with Crippen LogP contribution in [0.1, 0.15) is 133 Å². The van der Waals surface area contributed by atoms with Crippen molar-refractivity contribution in [3.8, 4) is 6.07 Å². The van der Waals surface area contributed by atoms with Gasteiger partial charge in [-0.3, -0.25) is 4.79 Å². The fourth-order valence-corrected chi connectivity index (χ4v) is 9.27. The number of nitrogens with zero attached hydrogens (tertiary/aromatic N) is 2. The van der Waals surface area contributed by atoms with Gasteiger partial charge in [0.1, 0.15) is 12.0 Å². The smallest absolute Gasteiger partial charge is 0.225 e. The molecule has 13 nitrogen and oxygen atoms in total. The highest BCUT2D eigenvalue weighted by molar-refractivity contribution is 5.79. The van der Waals surface area contributed by atoms with E-state index in [9.17, 15) is 25.2 Å². The van der Waals surface area contributed by atoms with Crippen LogP contribution in [0.2, 0.25) is 0 Å². The molecule has 0 aromatic carbocycles. The zero-order chi connectivity index (χ0) is 49.0. The van der Waals surface area contributed by atoms with Gasteiger partial charge in [0, 0.05) is 74.2 Å². The molecule has 0 bridgehead atoms. The van der Waals surface area contributed by atoms with Crippen molar-refractivity contribution in [3.05, 3.63) is 71.0 Å². The lowest BCUT2D eigenvalue weighted by Gasteiger charge is -2.50. The van der Waals surface area contributed by atoms with E-state index in [1.807, 2.05) is 105 Å². The second kappa shape index (κ2) is 25.1. The summed E-state index contributed by atoms with van der Waals surface area (Å²) < 4.78 is 30.9. The molecule has 1 spiro atoms. The Morgan fingerprint density at radius 3 is 2.34 bits per heavy atom. The number of carbonyl (C=O) groups excluding carboxylic acids is 1. The average Bonchev–Trinajstić information content (AvgIpc) is 3.80. The molecule has 16 atom stereocenters. The Kier molecular flexibility index (Phi) is 21.5. The summed E-state index contributed by atoms with van der Waals surface area (Å²) in [6.45, 7) is 25.8. The first-order valence-electron chi connectivity index (χ1n) is 23.6. The highest BCUT2D eigenvalue weighted by Gasteiger charge is 2.64. The molecule has 13 heteroatoms. The second-order valence-electron chi connectivity index (χ2n) is 20.0. The van der Waals surface area contributed by atoms with Gasteiger partial charge in [-0.2, -0.15) is 5.26 Å². The van der Waals surface area contributed by atoms with Crippen LogP contribution in [0.5, 0.6) is 0 Å². The highest BCUT2D eigenvalue weighted by Crippen LogP contribution is 2.57. The van der Waals surface area contributed by atoms with E-state index in [1.54, 1.807) is 27.4 Å². The maximum atomic E-state index is 12.9. The molecule has 1 aromatic rings. The van der Waals surface area contributed by atoms with Crippen LogP contribution in [0.3, 0.4) is 0 Å². The molecule has 5 N–H and O–H groups in total. The fraction of sp³-hybridized carbons (Fsp3) is 0.712. The first kappa shape index (κ1) is 55.9. The predicted octanol–water partition coefficient (Wildman–Crippen LogP) is 8.22. The van der Waals surface area contributed by atoms with Crippen LogP contribution in [-0.4, -0.2) is 107 Å². The molecule has 0 saturated carbocycles. The van der Waals surface area contributed by atoms with Crippen molar-refractivity contribution in [1.29, 1.82) is 5.26 Å². The number of allylic oxidation sites excluding steroid dienone is 7. The van der Waals surface area contributed by atoms with Crippen LogP contribution in [0.25, 0.3) is 6.08 Å². The quantitative estimate of drug-likeness (QED) is 0.0522. The Hall–Kier alpha value is -3.45. The summed E-state index contributed by atoms with van der Waals surface area (Å²) in [5.74, 6) is -2.56. The Morgan fingerprint density at radius 2 is 1.71 bits per heavy atom. The monoisotopic (exact) mass is 910 g/mol. The van der Waals surface area contributed by atoms with Gasteiger partial charge in [0.15, 0.2) is 11.7 Å². The van der Waals surface area contributed by atoms with Crippen molar-refractivity contribution < 1.29 is 48.6 Å². The van der Waals surface area contributed by atoms with Crippen LogP contribution in [-0.2, 0) is 23.7 Å². The summed E-state index contributed by atoms with van der Waals surface area (Å²) >= 11 is 0. The molecule has 2 fully saturated rings. The number of aliphatic hydroxyl groups is 4. The van der Waals surface area contributed by atoms with Gasteiger partial charge in [-0.25, -0.2) is 4.98 Å². The Labute approximate surface area is 390 Å². The number of rotatable bonds is 23. The van der Waals surface area contributed by atoms with Gasteiger partial charge in [-0.15, -0.1) is 0 Å². The minimum atomic E-state index is -1.11. The van der Waals surface area contributed by atoms with Crippen LogP contribution in [0, 0.1) is 52.3 Å².